The number of carbonyl (C=O) groups is 1. The summed E-state index contributed by atoms with van der Waals surface area (Å²) in [4.78, 5) is 13.5. The Morgan fingerprint density at radius 1 is 1.07 bits per heavy atom. The van der Waals surface area contributed by atoms with Gasteiger partial charge in [0.2, 0.25) is 15.9 Å². The summed E-state index contributed by atoms with van der Waals surface area (Å²) in [6.45, 7) is 3.16. The van der Waals surface area contributed by atoms with E-state index in [4.69, 9.17) is 4.74 Å². The summed E-state index contributed by atoms with van der Waals surface area (Å²) in [7, 11) is -2.25. The molecular weight excluding hydrogens is 382 g/mol. The minimum absolute atomic E-state index is 0.122. The predicted molar refractivity (Wildman–Crippen MR) is 106 cm³/mol. The first-order valence-corrected chi connectivity index (χ1v) is 10.2. The van der Waals surface area contributed by atoms with Crippen LogP contribution < -0.4 is 15.0 Å². The highest BCUT2D eigenvalue weighted by atomic mass is 32.2. The number of amides is 1. The molecule has 9 heteroatoms. The lowest BCUT2D eigenvalue weighted by Gasteiger charge is -2.35. The van der Waals surface area contributed by atoms with Crippen molar-refractivity contribution in [1.29, 1.82) is 0 Å². The first kappa shape index (κ1) is 20.0. The lowest BCUT2D eigenvalue weighted by molar-refractivity contribution is -0.114. The van der Waals surface area contributed by atoms with E-state index in [1.807, 2.05) is 12.1 Å². The smallest absolute Gasteiger partial charge is 0.243 e. The number of nitrogens with one attached hydrogen (secondary N) is 1. The summed E-state index contributed by atoms with van der Waals surface area (Å²) in [6.07, 6.45) is 0. The molecule has 0 aromatic heterocycles. The number of carbonyl (C=O) groups excluding carboxylic acids is 1. The monoisotopic (exact) mass is 405 g/mol. The van der Waals surface area contributed by atoms with Crippen molar-refractivity contribution >= 4 is 27.3 Å². The highest BCUT2D eigenvalue weighted by molar-refractivity contribution is 7.89. The van der Waals surface area contributed by atoms with Crippen LogP contribution in [0.25, 0.3) is 0 Å². The van der Waals surface area contributed by atoms with Crippen LogP contribution in [0.4, 0.5) is 11.4 Å². The van der Waals surface area contributed by atoms with Crippen molar-refractivity contribution in [1.82, 2.24) is 4.31 Å². The SMILES string of the molecule is COc1cc(S(=O)(=O)N2CCN(c3ccc(O)cc3)CC2)ccc1NC(C)=O. The minimum Gasteiger partial charge on any atom is -0.508 e. The van der Waals surface area contributed by atoms with Crippen LogP contribution in [-0.2, 0) is 14.8 Å². The highest BCUT2D eigenvalue weighted by Crippen LogP contribution is 2.30. The molecule has 1 fully saturated rings. The molecule has 2 N–H and O–H groups in total. The number of methoxy groups -OCH3 is 1. The van der Waals surface area contributed by atoms with Crippen LogP contribution in [0, 0.1) is 0 Å². The Balaban J connectivity index is 1.75. The van der Waals surface area contributed by atoms with Crippen molar-refractivity contribution < 1.29 is 23.1 Å². The molecule has 28 heavy (non-hydrogen) atoms. The van der Waals surface area contributed by atoms with Gasteiger partial charge in [0.25, 0.3) is 0 Å². The summed E-state index contributed by atoms with van der Waals surface area (Å²) in [6, 6.07) is 11.3. The van der Waals surface area contributed by atoms with Gasteiger partial charge in [-0.05, 0) is 36.4 Å². The van der Waals surface area contributed by atoms with Gasteiger partial charge in [0, 0.05) is 44.9 Å². The number of anilines is 2. The molecule has 1 amide bonds. The summed E-state index contributed by atoms with van der Waals surface area (Å²) < 4.78 is 32.7. The molecule has 0 spiro atoms. The van der Waals surface area contributed by atoms with Crippen LogP contribution in [0.2, 0.25) is 0 Å². The van der Waals surface area contributed by atoms with E-state index in [-0.39, 0.29) is 16.6 Å². The largest absolute Gasteiger partial charge is 0.508 e. The predicted octanol–water partition coefficient (Wildman–Crippen LogP) is 1.87. The Hall–Kier alpha value is -2.78. The molecule has 150 valence electrons. The van der Waals surface area contributed by atoms with Crippen LogP contribution in [0.15, 0.2) is 47.4 Å². The normalized spacial score (nSPS) is 15.3. The number of hydrogen-bond acceptors (Lipinski definition) is 6. The van der Waals surface area contributed by atoms with E-state index >= 15 is 0 Å². The topological polar surface area (TPSA) is 99.2 Å². The third-order valence-electron chi connectivity index (χ3n) is 4.57. The first-order chi connectivity index (χ1) is 13.3. The van der Waals surface area contributed by atoms with Gasteiger partial charge in [0.1, 0.15) is 11.5 Å². The summed E-state index contributed by atoms with van der Waals surface area (Å²) >= 11 is 0. The second-order valence-electron chi connectivity index (χ2n) is 6.45. The summed E-state index contributed by atoms with van der Waals surface area (Å²) in [5.74, 6) is 0.222. The number of sulfonamides is 1. The highest BCUT2D eigenvalue weighted by Gasteiger charge is 2.29. The maximum absolute atomic E-state index is 13.0. The number of rotatable bonds is 5. The van der Waals surface area contributed by atoms with Crippen molar-refractivity contribution in [2.45, 2.75) is 11.8 Å². The second kappa shape index (κ2) is 8.07. The number of hydrogen-bond donors (Lipinski definition) is 2. The average molecular weight is 405 g/mol. The Labute approximate surface area is 164 Å². The fraction of sp³-hybridized carbons (Fsp3) is 0.316. The molecule has 0 unspecified atom stereocenters. The first-order valence-electron chi connectivity index (χ1n) is 8.81. The van der Waals surface area contributed by atoms with Crippen molar-refractivity contribution in [3.63, 3.8) is 0 Å². The Morgan fingerprint density at radius 3 is 2.29 bits per heavy atom. The van der Waals surface area contributed by atoms with E-state index in [0.717, 1.165) is 5.69 Å². The third kappa shape index (κ3) is 4.20. The van der Waals surface area contributed by atoms with E-state index in [1.54, 1.807) is 12.1 Å². The molecule has 1 aliphatic rings. The lowest BCUT2D eigenvalue weighted by Crippen LogP contribution is -2.48. The third-order valence-corrected chi connectivity index (χ3v) is 6.47. The number of phenolic OH excluding ortho intramolecular Hbond substituents is 1. The quantitative estimate of drug-likeness (QED) is 0.788. The van der Waals surface area contributed by atoms with Gasteiger partial charge >= 0.3 is 0 Å². The second-order valence-corrected chi connectivity index (χ2v) is 8.39. The minimum atomic E-state index is -3.68. The molecule has 1 saturated heterocycles. The van der Waals surface area contributed by atoms with E-state index in [1.165, 1.54) is 36.5 Å². The number of benzene rings is 2. The molecule has 0 radical (unpaired) electrons. The van der Waals surface area contributed by atoms with Crippen molar-refractivity contribution in [3.8, 4) is 11.5 Å². The maximum atomic E-state index is 13.0. The molecule has 2 aromatic rings. The number of piperazine rings is 1. The average Bonchev–Trinajstić information content (AvgIpc) is 2.68. The Bertz CT molecular complexity index is 952. The molecule has 0 saturated carbocycles. The molecule has 3 rings (SSSR count). The number of aromatic hydroxyl groups is 1. The number of phenols is 1. The zero-order valence-electron chi connectivity index (χ0n) is 15.8. The zero-order chi connectivity index (χ0) is 20.3. The van der Waals surface area contributed by atoms with Gasteiger partial charge in [0.15, 0.2) is 0 Å². The van der Waals surface area contributed by atoms with Gasteiger partial charge in [-0.25, -0.2) is 8.42 Å². The fourth-order valence-corrected chi connectivity index (χ4v) is 4.56. The fourth-order valence-electron chi connectivity index (χ4n) is 3.12. The van der Waals surface area contributed by atoms with Gasteiger partial charge in [-0.1, -0.05) is 0 Å². The van der Waals surface area contributed by atoms with Gasteiger partial charge < -0.3 is 20.1 Å². The Morgan fingerprint density at radius 2 is 1.71 bits per heavy atom. The molecule has 0 aliphatic carbocycles. The molecular formula is C19H23N3O5S. The van der Waals surface area contributed by atoms with Crippen LogP contribution in [0.5, 0.6) is 11.5 Å². The lowest BCUT2D eigenvalue weighted by atomic mass is 10.2. The number of nitrogens with zero attached hydrogens (tertiary/aromatic N) is 2. The van der Waals surface area contributed by atoms with E-state index in [9.17, 15) is 18.3 Å². The summed E-state index contributed by atoms with van der Waals surface area (Å²) in [5, 5.41) is 12.0. The molecule has 1 heterocycles. The van der Waals surface area contributed by atoms with Gasteiger partial charge in [-0.3, -0.25) is 4.79 Å². The van der Waals surface area contributed by atoms with E-state index in [2.05, 4.69) is 10.2 Å². The van der Waals surface area contributed by atoms with Crippen molar-refractivity contribution in [3.05, 3.63) is 42.5 Å². The Kier molecular flexibility index (Phi) is 5.76. The molecule has 0 bridgehead atoms. The van der Waals surface area contributed by atoms with Crippen LogP contribution in [-0.4, -0.2) is 57.0 Å². The van der Waals surface area contributed by atoms with Crippen LogP contribution in [0.1, 0.15) is 6.92 Å². The van der Waals surface area contributed by atoms with Gasteiger partial charge in [0.05, 0.1) is 17.7 Å². The van der Waals surface area contributed by atoms with E-state index in [0.29, 0.717) is 37.6 Å². The van der Waals surface area contributed by atoms with Crippen molar-refractivity contribution in [2.24, 2.45) is 0 Å². The molecule has 8 nitrogen and oxygen atoms in total. The molecule has 1 aliphatic heterocycles. The van der Waals surface area contributed by atoms with Gasteiger partial charge in [-0.2, -0.15) is 4.31 Å². The number of ether oxygens (including phenoxy) is 1. The van der Waals surface area contributed by atoms with E-state index < -0.39 is 10.0 Å². The van der Waals surface area contributed by atoms with Crippen LogP contribution >= 0.6 is 0 Å². The zero-order valence-corrected chi connectivity index (χ0v) is 16.6. The maximum Gasteiger partial charge on any atom is 0.243 e. The molecule has 0 atom stereocenters. The van der Waals surface area contributed by atoms with Crippen LogP contribution in [0.3, 0.4) is 0 Å². The van der Waals surface area contributed by atoms with Gasteiger partial charge in [-0.15, -0.1) is 0 Å². The van der Waals surface area contributed by atoms with Crippen molar-refractivity contribution in [2.75, 3.05) is 43.5 Å². The molecule has 2 aromatic carbocycles. The summed E-state index contributed by atoms with van der Waals surface area (Å²) in [5.41, 5.74) is 1.36. The standard InChI is InChI=1S/C19H23N3O5S/c1-14(23)20-18-8-7-17(13-19(18)27-2)28(25,26)22-11-9-21(10-12-22)15-3-5-16(24)6-4-15/h3-8,13,24H,9-12H2,1-2H3,(H,20,23).